The van der Waals surface area contributed by atoms with Crippen LogP contribution in [0.5, 0.6) is 5.75 Å². The van der Waals surface area contributed by atoms with Crippen LogP contribution in [0.25, 0.3) is 10.8 Å². The number of hydrogen-bond acceptors (Lipinski definition) is 14. The largest absolute Gasteiger partial charge is 0.508 e. The molecule has 6 rings (SSSR count). The lowest BCUT2D eigenvalue weighted by Gasteiger charge is -2.31. The van der Waals surface area contributed by atoms with Gasteiger partial charge in [0, 0.05) is 36.7 Å². The summed E-state index contributed by atoms with van der Waals surface area (Å²) < 4.78 is 0. The van der Waals surface area contributed by atoms with E-state index in [1.165, 1.54) is 31.2 Å². The number of carboxylic acid groups (broad SMARTS) is 1. The maximum atomic E-state index is 15.1. The van der Waals surface area contributed by atoms with Crippen LogP contribution in [0.1, 0.15) is 61.3 Å². The van der Waals surface area contributed by atoms with Gasteiger partial charge in [0.15, 0.2) is 0 Å². The topological polar surface area (TPSA) is 333 Å². The molecule has 5 aromatic carbocycles. The van der Waals surface area contributed by atoms with E-state index in [0.29, 0.717) is 35.1 Å². The highest BCUT2D eigenvalue weighted by atomic mass is 33.1. The molecule has 420 valence electrons. The van der Waals surface area contributed by atoms with Gasteiger partial charge >= 0.3 is 5.97 Å². The van der Waals surface area contributed by atoms with Crippen molar-refractivity contribution in [3.8, 4) is 5.75 Å². The van der Waals surface area contributed by atoms with Gasteiger partial charge in [-0.3, -0.25) is 33.6 Å². The van der Waals surface area contributed by atoms with Crippen LogP contribution in [-0.4, -0.2) is 135 Å². The number of aliphatic carboxylic acids is 1. The van der Waals surface area contributed by atoms with Crippen LogP contribution >= 0.6 is 21.6 Å². The third kappa shape index (κ3) is 18.3. The number of amides is 7. The molecule has 1 aliphatic heterocycles. The molecule has 0 spiro atoms. The number of fused-ring (bicyclic) bond motifs is 1. The molecule has 0 aliphatic carbocycles. The predicted molar refractivity (Wildman–Crippen MR) is 303 cm³/mol. The molecule has 7 amide bonds. The van der Waals surface area contributed by atoms with E-state index in [0.717, 1.165) is 32.4 Å². The molecule has 5 aromatic rings. The number of carbonyl (C=O) groups excluding carboxylic acids is 7. The fourth-order valence-electron chi connectivity index (χ4n) is 8.81. The minimum Gasteiger partial charge on any atom is -0.508 e. The van der Waals surface area contributed by atoms with E-state index in [1.54, 1.807) is 67.6 Å². The molecule has 14 N–H and O–H groups in total. The van der Waals surface area contributed by atoms with Gasteiger partial charge in [0.05, 0.1) is 12.1 Å². The number of nitrogens with one attached hydrogen (secondary N) is 7. The Hall–Kier alpha value is -7.50. The maximum absolute atomic E-state index is 15.1. The number of carboxylic acids is 1. The van der Waals surface area contributed by atoms with Crippen molar-refractivity contribution in [2.24, 2.45) is 11.5 Å². The molecule has 1 fully saturated rings. The number of carbonyl (C=O) groups is 8. The number of aromatic hydroxyl groups is 1. The highest BCUT2D eigenvalue weighted by molar-refractivity contribution is 8.76. The van der Waals surface area contributed by atoms with Gasteiger partial charge < -0.3 is 64.0 Å². The average molecular weight is 1120 g/mol. The van der Waals surface area contributed by atoms with Gasteiger partial charge in [-0.25, -0.2) is 4.79 Å². The van der Waals surface area contributed by atoms with Crippen LogP contribution in [-0.2, 0) is 57.6 Å². The quantitative estimate of drug-likeness (QED) is 0.0560. The van der Waals surface area contributed by atoms with Crippen molar-refractivity contribution in [3.63, 3.8) is 0 Å². The Balaban J connectivity index is 1.42. The fourth-order valence-corrected chi connectivity index (χ4v) is 11.1. The van der Waals surface area contributed by atoms with E-state index in [-0.39, 0.29) is 49.5 Å². The lowest BCUT2D eigenvalue weighted by atomic mass is 9.90. The molecule has 22 heteroatoms. The molecule has 1 aliphatic rings. The van der Waals surface area contributed by atoms with E-state index in [1.807, 2.05) is 42.5 Å². The van der Waals surface area contributed by atoms with Crippen molar-refractivity contribution in [2.75, 3.05) is 18.1 Å². The van der Waals surface area contributed by atoms with Gasteiger partial charge in [0.1, 0.15) is 48.0 Å². The second-order valence-electron chi connectivity index (χ2n) is 19.5. The van der Waals surface area contributed by atoms with Crippen molar-refractivity contribution in [3.05, 3.63) is 150 Å². The van der Waals surface area contributed by atoms with Crippen molar-refractivity contribution >= 4 is 79.7 Å². The number of aliphatic hydroxyl groups is 1. The first-order valence-electron chi connectivity index (χ1n) is 26.0. The van der Waals surface area contributed by atoms with Gasteiger partial charge in [-0.05, 0) is 77.9 Å². The Kier molecular flexibility index (Phi) is 23.1. The average Bonchev–Trinajstić information content (AvgIpc) is 3.44. The zero-order chi connectivity index (χ0) is 57.0. The minimum atomic E-state index is -1.74. The molecule has 1 heterocycles. The zero-order valence-electron chi connectivity index (χ0n) is 43.8. The van der Waals surface area contributed by atoms with Gasteiger partial charge in [0.2, 0.25) is 41.4 Å². The SMILES string of the molecule is C[C@H](c1ccc2ccccc2c1)[C@@H]1NC(=O)[C@H](Cc2ccccc2)NC(=O)[C@H](Cc2ccccc2)NC(=O)[C@H](N)CSSC[C@@H](C(=O)O)NC(=O)[C@H](Cc2ccc(O)cc2)NC(=O)[C@H]([C@@H](C)O)NC(=O)[C@H](CCCCN)NC1=O. The molecule has 79 heavy (non-hydrogen) atoms. The molecular formula is C57H69N9O11S2. The summed E-state index contributed by atoms with van der Waals surface area (Å²) in [5.74, 6) is -8.57. The molecule has 0 saturated carbocycles. The van der Waals surface area contributed by atoms with E-state index < -0.39 is 108 Å². The number of unbranched alkanes of at least 4 members (excludes halogenated alkanes) is 1. The first-order valence-corrected chi connectivity index (χ1v) is 28.5. The van der Waals surface area contributed by atoms with Crippen molar-refractivity contribution in [2.45, 2.75) is 113 Å². The van der Waals surface area contributed by atoms with Crippen LogP contribution in [0, 0.1) is 0 Å². The van der Waals surface area contributed by atoms with Crippen LogP contribution in [0.2, 0.25) is 0 Å². The molecule has 20 nitrogen and oxygen atoms in total. The second kappa shape index (κ2) is 30.0. The number of hydrogen-bond donors (Lipinski definition) is 12. The smallest absolute Gasteiger partial charge is 0.327 e. The first-order chi connectivity index (χ1) is 37.9. The Morgan fingerprint density at radius 3 is 1.59 bits per heavy atom. The van der Waals surface area contributed by atoms with Crippen LogP contribution in [0.3, 0.4) is 0 Å². The minimum absolute atomic E-state index is 0.0163. The van der Waals surface area contributed by atoms with Gasteiger partial charge in [-0.2, -0.15) is 0 Å². The fraction of sp³-hybridized carbons (Fsp3) is 0.368. The second-order valence-corrected chi connectivity index (χ2v) is 22.0. The summed E-state index contributed by atoms with van der Waals surface area (Å²) in [6.45, 7) is 3.20. The Bertz CT molecular complexity index is 2890. The summed E-state index contributed by atoms with van der Waals surface area (Å²) in [6.07, 6.45) is -1.18. The lowest BCUT2D eigenvalue weighted by Crippen LogP contribution is -2.62. The number of phenols is 1. The molecular weight excluding hydrogens is 1050 g/mol. The summed E-state index contributed by atoms with van der Waals surface area (Å²) in [4.78, 5) is 114. The van der Waals surface area contributed by atoms with Gasteiger partial charge in [-0.15, -0.1) is 0 Å². The molecule has 0 radical (unpaired) electrons. The Morgan fingerprint density at radius 2 is 1.01 bits per heavy atom. The molecule has 0 unspecified atom stereocenters. The third-order valence-electron chi connectivity index (χ3n) is 13.4. The third-order valence-corrected chi connectivity index (χ3v) is 15.8. The normalized spacial score (nSPS) is 23.6. The predicted octanol–water partition coefficient (Wildman–Crippen LogP) is 2.09. The molecule has 0 aromatic heterocycles. The maximum Gasteiger partial charge on any atom is 0.327 e. The standard InChI is InChI=1S/C57H69N9O11S2/c1-33(39-23-22-38-17-9-10-18-40(38)30-39)48-55(74)60-43(19-11-12-26-58)51(70)66-49(34(2)67)56(75)63-45(29-37-20-24-41(68)25-21-37)53(72)64-47(57(76)77)32-79-78-31-42(59)50(69)61-44(27-35-13-5-3-6-14-35)52(71)62-46(54(73)65-48)28-36-15-7-4-8-16-36/h3-10,13-18,20-25,30,33-34,42-49,67-68H,11-12,19,26-29,31-32,58-59H2,1-2H3,(H,60,74)(H,61,69)(H,62,71)(H,63,75)(H,64,72)(H,65,73)(H,66,70)(H,76,77)/t33-,34-,42-,43+,44+,45+,46+,47+,48+,49+/m1/s1. The van der Waals surface area contributed by atoms with Gasteiger partial charge in [-0.1, -0.05) is 144 Å². The zero-order valence-corrected chi connectivity index (χ0v) is 45.5. The van der Waals surface area contributed by atoms with Gasteiger partial charge in [0.25, 0.3) is 0 Å². The van der Waals surface area contributed by atoms with Crippen molar-refractivity contribution < 1.29 is 53.7 Å². The number of aliphatic hydroxyl groups excluding tert-OH is 1. The number of benzene rings is 5. The summed E-state index contributed by atoms with van der Waals surface area (Å²) in [7, 11) is 2.03. The van der Waals surface area contributed by atoms with Crippen LogP contribution in [0.15, 0.2) is 127 Å². The van der Waals surface area contributed by atoms with Crippen molar-refractivity contribution in [1.82, 2.24) is 37.2 Å². The summed E-state index contributed by atoms with van der Waals surface area (Å²) in [5, 5.41) is 51.9. The van der Waals surface area contributed by atoms with Crippen LogP contribution < -0.4 is 48.7 Å². The Morgan fingerprint density at radius 1 is 0.544 bits per heavy atom. The highest BCUT2D eigenvalue weighted by Gasteiger charge is 2.38. The van der Waals surface area contributed by atoms with E-state index in [9.17, 15) is 44.1 Å². The number of rotatable bonds is 14. The number of phenolic OH excluding ortho intramolecular Hbond substituents is 1. The molecule has 0 bridgehead atoms. The Labute approximate surface area is 466 Å². The van der Waals surface area contributed by atoms with E-state index in [2.05, 4.69) is 37.2 Å². The first kappa shape index (κ1) is 60.7. The van der Waals surface area contributed by atoms with Crippen LogP contribution in [0.4, 0.5) is 0 Å². The lowest BCUT2D eigenvalue weighted by molar-refractivity contribution is -0.141. The van der Waals surface area contributed by atoms with E-state index >= 15 is 9.59 Å². The van der Waals surface area contributed by atoms with E-state index in [4.69, 9.17) is 11.5 Å². The number of nitrogens with two attached hydrogens (primary N) is 2. The van der Waals surface area contributed by atoms with Crippen molar-refractivity contribution in [1.29, 1.82) is 0 Å². The summed E-state index contributed by atoms with van der Waals surface area (Å²) in [5.41, 5.74) is 14.6. The molecule has 10 atom stereocenters. The highest BCUT2D eigenvalue weighted by Crippen LogP contribution is 2.26. The monoisotopic (exact) mass is 1120 g/mol. The summed E-state index contributed by atoms with van der Waals surface area (Å²) >= 11 is 0. The summed E-state index contributed by atoms with van der Waals surface area (Å²) in [6, 6.07) is 25.1. The molecule has 1 saturated heterocycles.